The van der Waals surface area contributed by atoms with Crippen LogP contribution in [0, 0.1) is 11.3 Å². The normalized spacial score (nSPS) is 20.8. The molecule has 0 saturated carbocycles. The molecule has 1 aromatic carbocycles. The van der Waals surface area contributed by atoms with Gasteiger partial charge in [-0.05, 0) is 17.9 Å². The van der Waals surface area contributed by atoms with Gasteiger partial charge in [0, 0.05) is 19.5 Å². The van der Waals surface area contributed by atoms with Crippen LogP contribution in [-0.4, -0.2) is 41.0 Å². The van der Waals surface area contributed by atoms with Crippen LogP contribution in [0.1, 0.15) is 45.7 Å². The molecule has 3 atom stereocenters. The summed E-state index contributed by atoms with van der Waals surface area (Å²) in [6, 6.07) is 9.78. The van der Waals surface area contributed by atoms with Crippen LogP contribution in [0.3, 0.4) is 0 Å². The Labute approximate surface area is 144 Å². The number of aliphatic hydroxyl groups is 1. The molecule has 1 saturated heterocycles. The van der Waals surface area contributed by atoms with Gasteiger partial charge in [0.25, 0.3) is 0 Å². The lowest BCUT2D eigenvalue weighted by Gasteiger charge is -2.27. The SMILES string of the molecule is CC(c1ccccc1)N1CC(C(=O)NCC(O)C(C)(C)C)CC1=O. The van der Waals surface area contributed by atoms with E-state index < -0.39 is 6.10 Å². The van der Waals surface area contributed by atoms with Crippen LogP contribution in [0.25, 0.3) is 0 Å². The number of carbonyl (C=O) groups excluding carboxylic acids is 2. The van der Waals surface area contributed by atoms with E-state index in [1.165, 1.54) is 0 Å². The predicted octanol–water partition coefficient (Wildman–Crippen LogP) is 2.12. The molecule has 5 nitrogen and oxygen atoms in total. The molecule has 0 bridgehead atoms. The molecular formula is C19H28N2O3. The minimum atomic E-state index is -0.613. The summed E-state index contributed by atoms with van der Waals surface area (Å²) in [6.45, 7) is 8.38. The maximum Gasteiger partial charge on any atom is 0.225 e. The molecule has 5 heteroatoms. The van der Waals surface area contributed by atoms with Gasteiger partial charge in [0.1, 0.15) is 0 Å². The van der Waals surface area contributed by atoms with Gasteiger partial charge in [-0.25, -0.2) is 0 Å². The second kappa shape index (κ2) is 7.34. The maximum atomic E-state index is 12.3. The Balaban J connectivity index is 1.93. The molecule has 0 aromatic heterocycles. The first-order chi connectivity index (χ1) is 11.2. The van der Waals surface area contributed by atoms with Gasteiger partial charge in [0.05, 0.1) is 18.1 Å². The summed E-state index contributed by atoms with van der Waals surface area (Å²) in [4.78, 5) is 26.4. The first kappa shape index (κ1) is 18.5. The largest absolute Gasteiger partial charge is 0.391 e. The van der Waals surface area contributed by atoms with Crippen LogP contribution >= 0.6 is 0 Å². The molecule has 0 spiro atoms. The fourth-order valence-corrected chi connectivity index (χ4v) is 2.84. The van der Waals surface area contributed by atoms with E-state index in [4.69, 9.17) is 0 Å². The number of rotatable bonds is 5. The van der Waals surface area contributed by atoms with E-state index in [2.05, 4.69) is 5.32 Å². The molecule has 132 valence electrons. The number of aliphatic hydroxyl groups excluding tert-OH is 1. The van der Waals surface area contributed by atoms with Crippen LogP contribution in [0.2, 0.25) is 0 Å². The zero-order valence-corrected chi connectivity index (χ0v) is 15.0. The Morgan fingerprint density at radius 1 is 1.33 bits per heavy atom. The molecule has 1 aliphatic heterocycles. The molecule has 1 fully saturated rings. The van der Waals surface area contributed by atoms with Crippen molar-refractivity contribution in [3.05, 3.63) is 35.9 Å². The molecule has 2 N–H and O–H groups in total. The first-order valence-electron chi connectivity index (χ1n) is 8.50. The van der Waals surface area contributed by atoms with Crippen molar-refractivity contribution in [1.29, 1.82) is 0 Å². The van der Waals surface area contributed by atoms with Gasteiger partial charge in [0.15, 0.2) is 0 Å². The zero-order chi connectivity index (χ0) is 17.9. The summed E-state index contributed by atoms with van der Waals surface area (Å²) in [5, 5.41) is 12.8. The van der Waals surface area contributed by atoms with Crippen LogP contribution in [-0.2, 0) is 9.59 Å². The van der Waals surface area contributed by atoms with Gasteiger partial charge in [-0.15, -0.1) is 0 Å². The lowest BCUT2D eigenvalue weighted by Crippen LogP contribution is -2.42. The summed E-state index contributed by atoms with van der Waals surface area (Å²) in [5.74, 6) is -0.506. The van der Waals surface area contributed by atoms with E-state index in [0.29, 0.717) is 6.54 Å². The average Bonchev–Trinajstić information content (AvgIpc) is 2.93. The van der Waals surface area contributed by atoms with Gasteiger partial charge in [-0.1, -0.05) is 51.1 Å². The fraction of sp³-hybridized carbons (Fsp3) is 0.579. The minimum Gasteiger partial charge on any atom is -0.391 e. The Kier molecular flexibility index (Phi) is 5.65. The van der Waals surface area contributed by atoms with Crippen LogP contribution in [0.15, 0.2) is 30.3 Å². The van der Waals surface area contributed by atoms with Crippen LogP contribution in [0.4, 0.5) is 0 Å². The summed E-state index contributed by atoms with van der Waals surface area (Å²) in [5.41, 5.74) is 0.780. The molecular weight excluding hydrogens is 304 g/mol. The van der Waals surface area contributed by atoms with Crippen molar-refractivity contribution in [2.75, 3.05) is 13.1 Å². The molecule has 0 radical (unpaired) electrons. The molecule has 3 unspecified atom stereocenters. The highest BCUT2D eigenvalue weighted by Crippen LogP contribution is 2.28. The summed E-state index contributed by atoms with van der Waals surface area (Å²) < 4.78 is 0. The fourth-order valence-electron chi connectivity index (χ4n) is 2.84. The van der Waals surface area contributed by atoms with E-state index in [1.54, 1.807) is 4.90 Å². The van der Waals surface area contributed by atoms with Crippen molar-refractivity contribution in [3.63, 3.8) is 0 Å². The van der Waals surface area contributed by atoms with E-state index in [1.807, 2.05) is 58.0 Å². The molecule has 2 rings (SSSR count). The third-order valence-corrected chi connectivity index (χ3v) is 4.75. The Hall–Kier alpha value is -1.88. The smallest absolute Gasteiger partial charge is 0.225 e. The number of hydrogen-bond donors (Lipinski definition) is 2. The van der Waals surface area contributed by atoms with Crippen molar-refractivity contribution in [2.45, 2.75) is 46.3 Å². The standard InChI is InChI=1S/C19H28N2O3/c1-13(14-8-6-5-7-9-14)21-12-15(10-17(21)23)18(24)20-11-16(22)19(2,3)4/h5-9,13,15-16,22H,10-12H2,1-4H3,(H,20,24). The Bertz CT molecular complexity index is 580. The zero-order valence-electron chi connectivity index (χ0n) is 15.0. The van der Waals surface area contributed by atoms with E-state index in [-0.39, 0.29) is 42.2 Å². The van der Waals surface area contributed by atoms with Crippen molar-refractivity contribution in [2.24, 2.45) is 11.3 Å². The molecule has 1 heterocycles. The topological polar surface area (TPSA) is 69.6 Å². The third-order valence-electron chi connectivity index (χ3n) is 4.75. The monoisotopic (exact) mass is 332 g/mol. The highest BCUT2D eigenvalue weighted by Gasteiger charge is 2.37. The summed E-state index contributed by atoms with van der Waals surface area (Å²) >= 11 is 0. The van der Waals surface area contributed by atoms with Crippen molar-refractivity contribution >= 4 is 11.8 Å². The summed E-state index contributed by atoms with van der Waals surface area (Å²) in [6.07, 6.45) is -0.382. The van der Waals surface area contributed by atoms with Gasteiger partial charge >= 0.3 is 0 Å². The highest BCUT2D eigenvalue weighted by molar-refractivity contribution is 5.89. The Morgan fingerprint density at radius 3 is 2.54 bits per heavy atom. The van der Waals surface area contributed by atoms with Crippen molar-refractivity contribution in [3.8, 4) is 0 Å². The minimum absolute atomic E-state index is 0.00266. The van der Waals surface area contributed by atoms with Crippen molar-refractivity contribution in [1.82, 2.24) is 10.2 Å². The number of amides is 2. The number of hydrogen-bond acceptors (Lipinski definition) is 3. The predicted molar refractivity (Wildman–Crippen MR) is 93.1 cm³/mol. The number of nitrogens with one attached hydrogen (secondary N) is 1. The van der Waals surface area contributed by atoms with E-state index >= 15 is 0 Å². The average molecular weight is 332 g/mol. The van der Waals surface area contributed by atoms with E-state index in [9.17, 15) is 14.7 Å². The maximum absolute atomic E-state index is 12.3. The quantitative estimate of drug-likeness (QED) is 0.868. The van der Waals surface area contributed by atoms with Gasteiger partial charge < -0.3 is 15.3 Å². The lowest BCUT2D eigenvalue weighted by atomic mass is 9.89. The Morgan fingerprint density at radius 2 is 1.96 bits per heavy atom. The summed E-state index contributed by atoms with van der Waals surface area (Å²) in [7, 11) is 0. The number of carbonyl (C=O) groups is 2. The van der Waals surface area contributed by atoms with Gasteiger partial charge in [0.2, 0.25) is 11.8 Å². The molecule has 24 heavy (non-hydrogen) atoms. The highest BCUT2D eigenvalue weighted by atomic mass is 16.3. The number of nitrogens with zero attached hydrogens (tertiary/aromatic N) is 1. The molecule has 2 amide bonds. The van der Waals surface area contributed by atoms with Crippen LogP contribution in [0.5, 0.6) is 0 Å². The first-order valence-corrected chi connectivity index (χ1v) is 8.50. The second-order valence-corrected chi connectivity index (χ2v) is 7.66. The van der Waals surface area contributed by atoms with Crippen molar-refractivity contribution < 1.29 is 14.7 Å². The van der Waals surface area contributed by atoms with Crippen LogP contribution < -0.4 is 5.32 Å². The molecule has 1 aromatic rings. The third kappa shape index (κ3) is 4.35. The molecule has 1 aliphatic rings. The number of likely N-dealkylation sites (tertiary alicyclic amines) is 1. The van der Waals surface area contributed by atoms with Gasteiger partial charge in [-0.2, -0.15) is 0 Å². The molecule has 0 aliphatic carbocycles. The number of benzene rings is 1. The lowest BCUT2D eigenvalue weighted by molar-refractivity contribution is -0.130. The second-order valence-electron chi connectivity index (χ2n) is 7.66. The van der Waals surface area contributed by atoms with E-state index in [0.717, 1.165) is 5.56 Å². The van der Waals surface area contributed by atoms with Gasteiger partial charge in [-0.3, -0.25) is 9.59 Å².